The Kier molecular flexibility index (Phi) is 3.51. The number of nitriles is 1. The van der Waals surface area contributed by atoms with E-state index < -0.39 is 0 Å². The molecule has 3 rings (SSSR count). The van der Waals surface area contributed by atoms with Gasteiger partial charge < -0.3 is 5.32 Å². The van der Waals surface area contributed by atoms with E-state index in [1.54, 1.807) is 12.4 Å². The minimum absolute atomic E-state index is 0.482. The molecule has 1 N–H and O–H groups in total. The number of nitrogens with one attached hydrogen (secondary N) is 1. The van der Waals surface area contributed by atoms with Crippen molar-refractivity contribution in [1.82, 2.24) is 9.97 Å². The largest absolute Gasteiger partial charge is 0.367 e. The zero-order chi connectivity index (χ0) is 13.9. The first-order valence-corrected chi connectivity index (χ1v) is 7.17. The summed E-state index contributed by atoms with van der Waals surface area (Å²) in [6, 6.07) is 8.19. The first-order valence-electron chi connectivity index (χ1n) is 7.17. The maximum Gasteiger partial charge on any atom is 0.137 e. The van der Waals surface area contributed by atoms with E-state index in [9.17, 15) is 0 Å². The van der Waals surface area contributed by atoms with Crippen molar-refractivity contribution < 1.29 is 0 Å². The van der Waals surface area contributed by atoms with Crippen molar-refractivity contribution in [2.45, 2.75) is 38.6 Å². The normalized spacial score (nSPS) is 22.4. The van der Waals surface area contributed by atoms with Crippen molar-refractivity contribution >= 4 is 16.7 Å². The van der Waals surface area contributed by atoms with Gasteiger partial charge in [-0.1, -0.05) is 6.92 Å². The molecule has 4 heteroatoms. The average molecular weight is 266 g/mol. The van der Waals surface area contributed by atoms with E-state index in [1.165, 1.54) is 25.7 Å². The van der Waals surface area contributed by atoms with Crippen LogP contribution >= 0.6 is 0 Å². The zero-order valence-corrected chi connectivity index (χ0v) is 11.6. The lowest BCUT2D eigenvalue weighted by Gasteiger charge is -2.27. The van der Waals surface area contributed by atoms with Gasteiger partial charge in [0.05, 0.1) is 17.1 Å². The van der Waals surface area contributed by atoms with Crippen LogP contribution in [0.1, 0.15) is 38.2 Å². The second kappa shape index (κ2) is 5.46. The van der Waals surface area contributed by atoms with Crippen molar-refractivity contribution in [3.05, 3.63) is 30.1 Å². The number of benzene rings is 1. The number of hydrogen-bond acceptors (Lipinski definition) is 4. The molecule has 0 radical (unpaired) electrons. The van der Waals surface area contributed by atoms with Crippen LogP contribution < -0.4 is 5.32 Å². The molecule has 0 amide bonds. The Morgan fingerprint density at radius 3 is 2.75 bits per heavy atom. The van der Waals surface area contributed by atoms with E-state index in [1.807, 2.05) is 12.1 Å². The molecule has 0 aliphatic heterocycles. The van der Waals surface area contributed by atoms with Crippen LogP contribution in [0.4, 0.5) is 5.82 Å². The molecule has 1 aliphatic rings. The Bertz CT molecular complexity index is 651. The predicted molar refractivity (Wildman–Crippen MR) is 79.3 cm³/mol. The molecule has 0 unspecified atom stereocenters. The van der Waals surface area contributed by atoms with E-state index in [0.717, 1.165) is 22.6 Å². The Morgan fingerprint density at radius 2 is 2.00 bits per heavy atom. The van der Waals surface area contributed by atoms with Gasteiger partial charge in [0.2, 0.25) is 0 Å². The Hall–Kier alpha value is -2.15. The summed E-state index contributed by atoms with van der Waals surface area (Å²) < 4.78 is 0. The molecule has 1 saturated carbocycles. The molecule has 1 heterocycles. The van der Waals surface area contributed by atoms with Crippen LogP contribution in [0.3, 0.4) is 0 Å². The summed E-state index contributed by atoms with van der Waals surface area (Å²) in [5.74, 6) is 1.69. The summed E-state index contributed by atoms with van der Waals surface area (Å²) in [6.45, 7) is 2.31. The standard InChI is InChI=1S/C16H18N4/c1-11-2-5-13(6-3-11)20-16-14-8-12(9-17)4-7-15(14)18-10-19-16/h4,7-8,10-11,13H,2-3,5-6H2,1H3,(H,18,19,20)/t11-,13-. The maximum atomic E-state index is 9.03. The van der Waals surface area contributed by atoms with E-state index in [0.29, 0.717) is 11.6 Å². The number of aromatic nitrogens is 2. The molecule has 1 aromatic heterocycles. The molecule has 4 nitrogen and oxygen atoms in total. The number of fused-ring (bicyclic) bond motifs is 1. The summed E-state index contributed by atoms with van der Waals surface area (Å²) in [7, 11) is 0. The van der Waals surface area contributed by atoms with Gasteiger partial charge in [-0.2, -0.15) is 5.26 Å². The fourth-order valence-electron chi connectivity index (χ4n) is 2.84. The summed E-state index contributed by atoms with van der Waals surface area (Å²) in [6.07, 6.45) is 6.49. The molecule has 1 aromatic carbocycles. The molecular formula is C16H18N4. The minimum Gasteiger partial charge on any atom is -0.367 e. The van der Waals surface area contributed by atoms with Gasteiger partial charge in [-0.15, -0.1) is 0 Å². The Balaban J connectivity index is 1.89. The topological polar surface area (TPSA) is 61.6 Å². The Labute approximate surface area is 118 Å². The molecule has 2 aromatic rings. The van der Waals surface area contributed by atoms with Gasteiger partial charge in [0.1, 0.15) is 12.1 Å². The molecule has 1 fully saturated rings. The van der Waals surface area contributed by atoms with Crippen LogP contribution in [-0.4, -0.2) is 16.0 Å². The first kappa shape index (κ1) is 12.9. The van der Waals surface area contributed by atoms with Crippen LogP contribution in [0.2, 0.25) is 0 Å². The highest BCUT2D eigenvalue weighted by Gasteiger charge is 2.19. The van der Waals surface area contributed by atoms with Crippen molar-refractivity contribution in [2.75, 3.05) is 5.32 Å². The molecule has 102 valence electrons. The molecule has 0 saturated heterocycles. The smallest absolute Gasteiger partial charge is 0.137 e. The lowest BCUT2D eigenvalue weighted by atomic mass is 9.87. The van der Waals surface area contributed by atoms with E-state index in [4.69, 9.17) is 5.26 Å². The maximum absolute atomic E-state index is 9.03. The molecule has 1 aliphatic carbocycles. The van der Waals surface area contributed by atoms with Gasteiger partial charge >= 0.3 is 0 Å². The highest BCUT2D eigenvalue weighted by Crippen LogP contribution is 2.28. The molecular weight excluding hydrogens is 248 g/mol. The zero-order valence-electron chi connectivity index (χ0n) is 11.6. The second-order valence-electron chi connectivity index (χ2n) is 5.67. The highest BCUT2D eigenvalue weighted by molar-refractivity contribution is 5.89. The van der Waals surface area contributed by atoms with E-state index in [-0.39, 0.29) is 0 Å². The van der Waals surface area contributed by atoms with Gasteiger partial charge in [0.15, 0.2) is 0 Å². The van der Waals surface area contributed by atoms with Crippen LogP contribution in [0.25, 0.3) is 10.9 Å². The third-order valence-corrected chi connectivity index (χ3v) is 4.12. The number of hydrogen-bond donors (Lipinski definition) is 1. The van der Waals surface area contributed by atoms with Crippen molar-refractivity contribution in [1.29, 1.82) is 5.26 Å². The molecule has 0 atom stereocenters. The summed E-state index contributed by atoms with van der Waals surface area (Å²) in [5.41, 5.74) is 1.53. The first-order chi connectivity index (χ1) is 9.76. The minimum atomic E-state index is 0.482. The van der Waals surface area contributed by atoms with Gasteiger partial charge in [0.25, 0.3) is 0 Å². The van der Waals surface area contributed by atoms with Gasteiger partial charge in [-0.05, 0) is 49.8 Å². The van der Waals surface area contributed by atoms with Crippen molar-refractivity contribution in [3.8, 4) is 6.07 Å². The second-order valence-corrected chi connectivity index (χ2v) is 5.67. The van der Waals surface area contributed by atoms with Crippen molar-refractivity contribution in [2.24, 2.45) is 5.92 Å². The predicted octanol–water partition coefficient (Wildman–Crippen LogP) is 3.49. The van der Waals surface area contributed by atoms with Crippen LogP contribution in [-0.2, 0) is 0 Å². The van der Waals surface area contributed by atoms with Crippen LogP contribution in [0.5, 0.6) is 0 Å². The van der Waals surface area contributed by atoms with Crippen molar-refractivity contribution in [3.63, 3.8) is 0 Å². The summed E-state index contributed by atoms with van der Waals surface area (Å²) in [5, 5.41) is 13.5. The number of rotatable bonds is 2. The third-order valence-electron chi connectivity index (χ3n) is 4.12. The summed E-state index contributed by atoms with van der Waals surface area (Å²) >= 11 is 0. The fraction of sp³-hybridized carbons (Fsp3) is 0.438. The van der Waals surface area contributed by atoms with Gasteiger partial charge in [-0.3, -0.25) is 0 Å². The number of anilines is 1. The number of nitrogens with zero attached hydrogens (tertiary/aromatic N) is 3. The molecule has 0 bridgehead atoms. The monoisotopic (exact) mass is 266 g/mol. The quantitative estimate of drug-likeness (QED) is 0.903. The Morgan fingerprint density at radius 1 is 1.20 bits per heavy atom. The lowest BCUT2D eigenvalue weighted by molar-refractivity contribution is 0.361. The third kappa shape index (κ3) is 2.57. The molecule has 0 spiro atoms. The lowest BCUT2D eigenvalue weighted by Crippen LogP contribution is -2.25. The van der Waals surface area contributed by atoms with E-state index in [2.05, 4.69) is 28.3 Å². The van der Waals surface area contributed by atoms with Gasteiger partial charge in [0, 0.05) is 11.4 Å². The summed E-state index contributed by atoms with van der Waals surface area (Å²) in [4.78, 5) is 8.63. The van der Waals surface area contributed by atoms with Gasteiger partial charge in [-0.25, -0.2) is 9.97 Å². The van der Waals surface area contributed by atoms with Crippen LogP contribution in [0, 0.1) is 17.2 Å². The highest BCUT2D eigenvalue weighted by atomic mass is 15.0. The van der Waals surface area contributed by atoms with E-state index >= 15 is 0 Å². The molecule has 20 heavy (non-hydrogen) atoms. The van der Waals surface area contributed by atoms with Crippen LogP contribution in [0.15, 0.2) is 24.5 Å². The fourth-order valence-corrected chi connectivity index (χ4v) is 2.84. The SMILES string of the molecule is C[C@H]1CC[C@H](Nc2ncnc3ccc(C#N)cc23)CC1. The average Bonchev–Trinajstić information content (AvgIpc) is 2.49.